The summed E-state index contributed by atoms with van der Waals surface area (Å²) in [5, 5.41) is 12.3. The van der Waals surface area contributed by atoms with E-state index in [1.807, 2.05) is 53.2 Å². The number of hydroxylamine groups is 2. The van der Waals surface area contributed by atoms with Crippen molar-refractivity contribution in [3.63, 3.8) is 0 Å². The van der Waals surface area contributed by atoms with Gasteiger partial charge in [0, 0.05) is 63.2 Å². The number of aromatic nitrogens is 3. The zero-order valence-corrected chi connectivity index (χ0v) is 30.7. The van der Waals surface area contributed by atoms with E-state index in [9.17, 15) is 24.0 Å². The van der Waals surface area contributed by atoms with Crippen molar-refractivity contribution in [3.05, 3.63) is 60.5 Å². The van der Waals surface area contributed by atoms with Gasteiger partial charge in [-0.25, -0.2) is 9.48 Å². The second-order valence-electron chi connectivity index (χ2n) is 12.2. The molecule has 14 nitrogen and oxygen atoms in total. The molecule has 1 fully saturated rings. The predicted octanol–water partition coefficient (Wildman–Crippen LogP) is 2.95. The van der Waals surface area contributed by atoms with Crippen molar-refractivity contribution in [2.75, 3.05) is 37.9 Å². The van der Waals surface area contributed by atoms with Crippen LogP contribution in [-0.2, 0) is 83.1 Å². The molecule has 4 amide bonds. The van der Waals surface area contributed by atoms with Crippen molar-refractivity contribution in [3.8, 4) is 22.5 Å². The van der Waals surface area contributed by atoms with Gasteiger partial charge >= 0.3 is 5.97 Å². The second-order valence-corrected chi connectivity index (χ2v) is 12.2. The van der Waals surface area contributed by atoms with Crippen molar-refractivity contribution in [2.24, 2.45) is 0 Å². The largest absolute Gasteiger partial charge is 0.379 e. The number of nitrogens with zero attached hydrogens (tertiary/aromatic N) is 5. The smallest absolute Gasteiger partial charge is 0.335 e. The summed E-state index contributed by atoms with van der Waals surface area (Å²) in [6.07, 6.45) is 1.09. The molecule has 15 heteroatoms. The number of rotatable bonds is 13. The SMILES string of the molecule is CC(C)(C)n1nnc2c1-c1ccccc1N(C(=O)CCNC(=O)CCOCCOCCC(=O)ON1C(=O)[CH-]CC1=O)Cc1ccccc1-2.[Y]. The van der Waals surface area contributed by atoms with Crippen molar-refractivity contribution in [2.45, 2.75) is 58.5 Å². The van der Waals surface area contributed by atoms with Crippen LogP contribution in [0.15, 0.2) is 48.5 Å². The van der Waals surface area contributed by atoms with E-state index in [1.165, 1.54) is 0 Å². The van der Waals surface area contributed by atoms with Gasteiger partial charge in [-0.3, -0.25) is 20.8 Å². The zero-order chi connectivity index (χ0) is 34.3. The molecule has 0 atom stereocenters. The van der Waals surface area contributed by atoms with E-state index in [-0.39, 0.29) is 109 Å². The van der Waals surface area contributed by atoms with Gasteiger partial charge < -0.3 is 29.3 Å². The molecule has 2 aromatic carbocycles. The van der Waals surface area contributed by atoms with Gasteiger partial charge in [0.2, 0.25) is 17.7 Å². The van der Waals surface area contributed by atoms with Crippen molar-refractivity contribution in [1.29, 1.82) is 0 Å². The van der Waals surface area contributed by atoms with Crippen LogP contribution in [0.4, 0.5) is 5.69 Å². The number of nitrogens with one attached hydrogen (secondary N) is 1. The Labute approximate surface area is 309 Å². The van der Waals surface area contributed by atoms with Crippen LogP contribution in [0.2, 0.25) is 0 Å². The standard InChI is InChI=1S/C34H39N6O8.Y/c1-34(2,3)40-33-25-10-6-7-11-26(25)38(22-23-8-4-5-9-24(23)32(33)36-37-40)28(42)14-17-35-27(41)15-18-46-20-21-47-19-16-31(45)48-39-29(43)12-13-30(39)44;/h4-12H,13-22H2,1-3H3,(H,35,41);/q-1;. The summed E-state index contributed by atoms with van der Waals surface area (Å²) >= 11 is 0. The summed E-state index contributed by atoms with van der Waals surface area (Å²) in [6, 6.07) is 15.6. The minimum atomic E-state index is -0.761. The van der Waals surface area contributed by atoms with Crippen LogP contribution in [0.3, 0.4) is 0 Å². The molecule has 3 aromatic rings. The fraction of sp³-hybridized carbons (Fsp3) is 0.412. The third-order valence-electron chi connectivity index (χ3n) is 7.69. The number of ether oxygens (including phenoxy) is 2. The van der Waals surface area contributed by atoms with Gasteiger partial charge in [0.25, 0.3) is 0 Å². The first-order valence-electron chi connectivity index (χ1n) is 15.8. The fourth-order valence-electron chi connectivity index (χ4n) is 5.33. The Balaban J connectivity index is 0.00000541. The van der Waals surface area contributed by atoms with Gasteiger partial charge in [0.1, 0.15) is 11.6 Å². The first-order valence-corrected chi connectivity index (χ1v) is 15.8. The normalized spacial score (nSPS) is 13.7. The van der Waals surface area contributed by atoms with E-state index in [1.54, 1.807) is 4.90 Å². The summed E-state index contributed by atoms with van der Waals surface area (Å²) in [5.41, 5.74) is 4.73. The number of benzene rings is 2. The van der Waals surface area contributed by atoms with E-state index in [4.69, 9.17) is 14.3 Å². The maximum Gasteiger partial charge on any atom is 0.335 e. The second kappa shape index (κ2) is 17.1. The van der Waals surface area contributed by atoms with E-state index in [0.717, 1.165) is 40.2 Å². The van der Waals surface area contributed by atoms with Crippen LogP contribution in [0, 0.1) is 6.42 Å². The molecular formula is C34H39N6O8Y-. The molecule has 0 aliphatic carbocycles. The number of anilines is 1. The van der Waals surface area contributed by atoms with Crippen LogP contribution in [0.25, 0.3) is 22.5 Å². The van der Waals surface area contributed by atoms with E-state index in [0.29, 0.717) is 11.6 Å². The van der Waals surface area contributed by atoms with Crippen LogP contribution in [0.1, 0.15) is 52.0 Å². The zero-order valence-electron chi connectivity index (χ0n) is 27.8. The molecule has 0 bridgehead atoms. The van der Waals surface area contributed by atoms with Gasteiger partial charge in [-0.1, -0.05) is 54.1 Å². The molecule has 2 aliphatic heterocycles. The number of hydrogen-bond acceptors (Lipinski definition) is 10. The summed E-state index contributed by atoms with van der Waals surface area (Å²) in [4.78, 5) is 67.3. The van der Waals surface area contributed by atoms with Crippen LogP contribution < -0.4 is 10.2 Å². The topological polar surface area (TPSA) is 162 Å². The Morgan fingerprint density at radius 2 is 1.57 bits per heavy atom. The predicted molar refractivity (Wildman–Crippen MR) is 172 cm³/mol. The number of amides is 4. The number of para-hydroxylation sites is 1. The Kier molecular flexibility index (Phi) is 13.2. The molecule has 1 saturated heterocycles. The fourth-order valence-corrected chi connectivity index (χ4v) is 5.33. The van der Waals surface area contributed by atoms with E-state index < -0.39 is 17.8 Å². The maximum absolute atomic E-state index is 13.7. The number of carbonyl (C=O) groups excluding carboxylic acids is 5. The van der Waals surface area contributed by atoms with Gasteiger partial charge in [-0.15, -0.1) is 10.2 Å². The first kappa shape index (κ1) is 37.8. The minimum absolute atomic E-state index is 0. The van der Waals surface area contributed by atoms with Crippen LogP contribution in [0.5, 0.6) is 0 Å². The summed E-state index contributed by atoms with van der Waals surface area (Å²) in [5.74, 6) is -2.40. The van der Waals surface area contributed by atoms with Gasteiger partial charge in [-0.2, -0.15) is 0 Å². The Hall–Kier alpha value is -3.98. The minimum Gasteiger partial charge on any atom is -0.379 e. The number of imide groups is 1. The van der Waals surface area contributed by atoms with E-state index in [2.05, 4.69) is 36.4 Å². The molecule has 0 spiro atoms. The number of hydrogen-bond donors (Lipinski definition) is 1. The molecule has 2 aliphatic rings. The van der Waals surface area contributed by atoms with Crippen molar-refractivity contribution < 1.29 is 71.0 Å². The Morgan fingerprint density at radius 1 is 0.898 bits per heavy atom. The molecular weight excluding hydrogens is 709 g/mol. The first-order chi connectivity index (χ1) is 23.0. The van der Waals surface area contributed by atoms with Crippen molar-refractivity contribution in [1.82, 2.24) is 25.4 Å². The van der Waals surface area contributed by atoms with E-state index >= 15 is 0 Å². The average Bonchev–Trinajstić information content (AvgIpc) is 3.63. The molecule has 257 valence electrons. The molecule has 0 saturated carbocycles. The molecule has 49 heavy (non-hydrogen) atoms. The Morgan fingerprint density at radius 3 is 2.27 bits per heavy atom. The molecule has 1 aromatic heterocycles. The van der Waals surface area contributed by atoms with Crippen molar-refractivity contribution >= 4 is 35.3 Å². The Bertz CT molecular complexity index is 1670. The number of carbonyl (C=O) groups is 5. The average molecular weight is 749 g/mol. The summed E-state index contributed by atoms with van der Waals surface area (Å²) < 4.78 is 12.6. The third-order valence-corrected chi connectivity index (χ3v) is 7.69. The molecule has 5 rings (SSSR count). The van der Waals surface area contributed by atoms with Gasteiger partial charge in [0.05, 0.1) is 56.3 Å². The molecule has 1 N–H and O–H groups in total. The third kappa shape index (κ3) is 9.38. The number of fused-ring (bicyclic) bond motifs is 5. The molecule has 3 heterocycles. The van der Waals surface area contributed by atoms with Crippen LogP contribution in [-0.4, -0.2) is 82.6 Å². The summed E-state index contributed by atoms with van der Waals surface area (Å²) in [6.45, 7) is 7.23. The van der Waals surface area contributed by atoms with Gasteiger partial charge in [-0.05, 0) is 32.4 Å². The maximum atomic E-state index is 13.7. The summed E-state index contributed by atoms with van der Waals surface area (Å²) in [7, 11) is 0. The monoisotopic (exact) mass is 748 g/mol. The molecule has 1 radical (unpaired) electrons. The molecule has 0 unspecified atom stereocenters. The quantitative estimate of drug-likeness (QED) is 0.156. The van der Waals surface area contributed by atoms with Gasteiger partial charge in [0.15, 0.2) is 0 Å². The van der Waals surface area contributed by atoms with Crippen LogP contribution >= 0.6 is 0 Å².